The van der Waals surface area contributed by atoms with E-state index in [4.69, 9.17) is 5.11 Å². The zero-order valence-electron chi connectivity index (χ0n) is 11.9. The van der Waals surface area contributed by atoms with E-state index in [0.29, 0.717) is 5.56 Å². The Morgan fingerprint density at radius 3 is 2.60 bits per heavy atom. The number of carbonyl (C=O) groups is 1. The highest BCUT2D eigenvalue weighted by atomic mass is 16.3. The average Bonchev–Trinajstić information content (AvgIpc) is 2.74. The molecule has 2 N–H and O–H groups in total. The lowest BCUT2D eigenvalue weighted by Crippen LogP contribution is -2.26. The van der Waals surface area contributed by atoms with E-state index in [1.165, 1.54) is 5.56 Å². The molecule has 4 heteroatoms. The van der Waals surface area contributed by atoms with Crippen LogP contribution in [0.15, 0.2) is 36.4 Å². The minimum atomic E-state index is -0.133. The summed E-state index contributed by atoms with van der Waals surface area (Å²) in [5.41, 5.74) is 3.88. The van der Waals surface area contributed by atoms with Crippen LogP contribution in [0.4, 0.5) is 0 Å². The summed E-state index contributed by atoms with van der Waals surface area (Å²) in [6.07, 6.45) is 0. The van der Waals surface area contributed by atoms with E-state index in [0.717, 1.165) is 17.9 Å². The summed E-state index contributed by atoms with van der Waals surface area (Å²) < 4.78 is 2.13. The Labute approximate surface area is 119 Å². The highest BCUT2D eigenvalue weighted by Gasteiger charge is 2.15. The zero-order valence-corrected chi connectivity index (χ0v) is 11.9. The molecule has 0 radical (unpaired) electrons. The van der Waals surface area contributed by atoms with E-state index in [1.807, 2.05) is 38.1 Å². The van der Waals surface area contributed by atoms with Crippen LogP contribution in [-0.4, -0.2) is 28.7 Å². The predicted molar refractivity (Wildman–Crippen MR) is 78.9 cm³/mol. The molecule has 0 aliphatic heterocycles. The van der Waals surface area contributed by atoms with Crippen molar-refractivity contribution in [3.8, 4) is 0 Å². The number of aliphatic hydroxyl groups is 1. The third-order valence-corrected chi connectivity index (χ3v) is 3.40. The van der Waals surface area contributed by atoms with Gasteiger partial charge in [0.2, 0.25) is 0 Å². The molecule has 0 aliphatic rings. The lowest BCUT2D eigenvalue weighted by molar-refractivity contribution is 0.0944. The standard InChI is InChI=1S/C16H20N2O2/c1-12-10-15(16(20)17-8-9-19)13(2)18(12)11-14-6-4-3-5-7-14/h3-7,10,19H,8-9,11H2,1-2H3,(H,17,20). The molecule has 0 atom stereocenters. The van der Waals surface area contributed by atoms with Crippen molar-refractivity contribution < 1.29 is 9.90 Å². The first-order valence-corrected chi connectivity index (χ1v) is 6.73. The summed E-state index contributed by atoms with van der Waals surface area (Å²) in [7, 11) is 0. The molecule has 0 bridgehead atoms. The van der Waals surface area contributed by atoms with E-state index < -0.39 is 0 Å². The first-order chi connectivity index (χ1) is 9.63. The van der Waals surface area contributed by atoms with Crippen LogP contribution in [0.2, 0.25) is 0 Å². The van der Waals surface area contributed by atoms with Crippen LogP contribution in [0.3, 0.4) is 0 Å². The van der Waals surface area contributed by atoms with E-state index in [-0.39, 0.29) is 19.1 Å². The van der Waals surface area contributed by atoms with Gasteiger partial charge in [0.15, 0.2) is 0 Å². The van der Waals surface area contributed by atoms with Crippen molar-refractivity contribution >= 4 is 5.91 Å². The SMILES string of the molecule is Cc1cc(C(=O)NCCO)c(C)n1Cc1ccccc1. The fraction of sp³-hybridized carbons (Fsp3) is 0.312. The first kappa shape index (κ1) is 14.3. The van der Waals surface area contributed by atoms with Crippen molar-refractivity contribution in [2.24, 2.45) is 0 Å². The zero-order chi connectivity index (χ0) is 14.5. The Morgan fingerprint density at radius 2 is 1.95 bits per heavy atom. The van der Waals surface area contributed by atoms with E-state index in [2.05, 4.69) is 22.0 Å². The fourth-order valence-electron chi connectivity index (χ4n) is 2.30. The predicted octanol–water partition coefficient (Wildman–Crippen LogP) is 1.88. The van der Waals surface area contributed by atoms with Crippen molar-refractivity contribution in [1.82, 2.24) is 9.88 Å². The maximum absolute atomic E-state index is 12.0. The summed E-state index contributed by atoms with van der Waals surface area (Å²) >= 11 is 0. The minimum absolute atomic E-state index is 0.0471. The van der Waals surface area contributed by atoms with Gasteiger partial charge in [-0.05, 0) is 25.5 Å². The number of aromatic nitrogens is 1. The number of nitrogens with one attached hydrogen (secondary N) is 1. The minimum Gasteiger partial charge on any atom is -0.395 e. The second-order valence-corrected chi connectivity index (χ2v) is 4.84. The molecule has 1 aromatic carbocycles. The molecule has 0 aliphatic carbocycles. The van der Waals surface area contributed by atoms with Crippen LogP contribution in [0, 0.1) is 13.8 Å². The molecule has 1 amide bonds. The molecule has 0 saturated carbocycles. The quantitative estimate of drug-likeness (QED) is 0.873. The molecule has 0 fully saturated rings. The molecular weight excluding hydrogens is 252 g/mol. The van der Waals surface area contributed by atoms with Crippen LogP contribution in [-0.2, 0) is 6.54 Å². The molecule has 2 rings (SSSR count). The summed E-state index contributed by atoms with van der Waals surface area (Å²) in [5, 5.41) is 11.5. The van der Waals surface area contributed by atoms with Gasteiger partial charge < -0.3 is 15.0 Å². The lowest BCUT2D eigenvalue weighted by Gasteiger charge is -2.10. The Balaban J connectivity index is 2.23. The number of aryl methyl sites for hydroxylation is 1. The van der Waals surface area contributed by atoms with Gasteiger partial charge in [-0.15, -0.1) is 0 Å². The average molecular weight is 272 g/mol. The molecule has 20 heavy (non-hydrogen) atoms. The number of benzene rings is 1. The third-order valence-electron chi connectivity index (χ3n) is 3.40. The molecule has 0 unspecified atom stereocenters. The second kappa shape index (κ2) is 6.39. The number of rotatable bonds is 5. The molecule has 4 nitrogen and oxygen atoms in total. The number of nitrogens with zero attached hydrogens (tertiary/aromatic N) is 1. The van der Waals surface area contributed by atoms with Crippen LogP contribution in [0.5, 0.6) is 0 Å². The number of hydrogen-bond acceptors (Lipinski definition) is 2. The number of aliphatic hydroxyl groups excluding tert-OH is 1. The lowest BCUT2D eigenvalue weighted by atomic mass is 10.2. The van der Waals surface area contributed by atoms with Gasteiger partial charge in [-0.3, -0.25) is 4.79 Å². The second-order valence-electron chi connectivity index (χ2n) is 4.84. The topological polar surface area (TPSA) is 54.3 Å². The number of hydrogen-bond donors (Lipinski definition) is 2. The van der Waals surface area contributed by atoms with E-state index >= 15 is 0 Å². The fourth-order valence-corrected chi connectivity index (χ4v) is 2.30. The van der Waals surface area contributed by atoms with Crippen LogP contribution < -0.4 is 5.32 Å². The Bertz CT molecular complexity index is 588. The molecule has 1 heterocycles. The van der Waals surface area contributed by atoms with E-state index in [9.17, 15) is 4.79 Å². The number of amides is 1. The molecule has 106 valence electrons. The Morgan fingerprint density at radius 1 is 1.25 bits per heavy atom. The highest BCUT2D eigenvalue weighted by molar-refractivity contribution is 5.95. The van der Waals surface area contributed by atoms with Crippen LogP contribution in [0.25, 0.3) is 0 Å². The summed E-state index contributed by atoms with van der Waals surface area (Å²) in [6, 6.07) is 12.1. The molecular formula is C16H20N2O2. The van der Waals surface area contributed by atoms with Gasteiger partial charge >= 0.3 is 0 Å². The van der Waals surface area contributed by atoms with Crippen molar-refractivity contribution in [3.63, 3.8) is 0 Å². The molecule has 2 aromatic rings. The van der Waals surface area contributed by atoms with Gasteiger partial charge in [-0.1, -0.05) is 30.3 Å². The summed E-state index contributed by atoms with van der Waals surface area (Å²) in [5.74, 6) is -0.133. The largest absolute Gasteiger partial charge is 0.395 e. The molecule has 1 aromatic heterocycles. The van der Waals surface area contributed by atoms with Crippen molar-refractivity contribution in [2.75, 3.05) is 13.2 Å². The first-order valence-electron chi connectivity index (χ1n) is 6.73. The highest BCUT2D eigenvalue weighted by Crippen LogP contribution is 2.17. The van der Waals surface area contributed by atoms with Gasteiger partial charge in [0.1, 0.15) is 0 Å². The van der Waals surface area contributed by atoms with Gasteiger partial charge in [-0.25, -0.2) is 0 Å². The smallest absolute Gasteiger partial charge is 0.253 e. The van der Waals surface area contributed by atoms with Gasteiger partial charge in [0.25, 0.3) is 5.91 Å². The van der Waals surface area contributed by atoms with Gasteiger partial charge in [0.05, 0.1) is 12.2 Å². The Kier molecular flexibility index (Phi) is 4.58. The van der Waals surface area contributed by atoms with Crippen molar-refractivity contribution in [2.45, 2.75) is 20.4 Å². The maximum atomic E-state index is 12.0. The van der Waals surface area contributed by atoms with Crippen LogP contribution in [0.1, 0.15) is 27.3 Å². The molecule has 0 saturated heterocycles. The van der Waals surface area contributed by atoms with Crippen LogP contribution >= 0.6 is 0 Å². The Hall–Kier alpha value is -2.07. The number of carbonyl (C=O) groups excluding carboxylic acids is 1. The van der Waals surface area contributed by atoms with Crippen molar-refractivity contribution in [1.29, 1.82) is 0 Å². The summed E-state index contributed by atoms with van der Waals surface area (Å²) in [6.45, 7) is 4.93. The van der Waals surface area contributed by atoms with Gasteiger partial charge in [-0.2, -0.15) is 0 Å². The third kappa shape index (κ3) is 3.08. The van der Waals surface area contributed by atoms with E-state index in [1.54, 1.807) is 0 Å². The maximum Gasteiger partial charge on any atom is 0.253 e. The summed E-state index contributed by atoms with van der Waals surface area (Å²) in [4.78, 5) is 12.0. The van der Waals surface area contributed by atoms with Gasteiger partial charge in [0, 0.05) is 24.5 Å². The normalized spacial score (nSPS) is 10.6. The molecule has 0 spiro atoms. The monoisotopic (exact) mass is 272 g/mol. The van der Waals surface area contributed by atoms with Crippen molar-refractivity contribution in [3.05, 3.63) is 58.9 Å².